The largest absolute Gasteiger partial charge is 0.350 e. The van der Waals surface area contributed by atoms with Crippen molar-refractivity contribution in [2.45, 2.75) is 39.2 Å². The molecule has 2 aromatic rings. The van der Waals surface area contributed by atoms with E-state index in [-0.39, 0.29) is 17.5 Å². The van der Waals surface area contributed by atoms with Crippen molar-refractivity contribution in [2.24, 2.45) is 0 Å². The summed E-state index contributed by atoms with van der Waals surface area (Å²) in [5.41, 5.74) is 5.75. The van der Waals surface area contributed by atoms with Crippen LogP contribution in [0.15, 0.2) is 42.5 Å². The second-order valence-electron chi connectivity index (χ2n) is 9.55. The molecule has 2 aromatic carbocycles. The lowest BCUT2D eigenvalue weighted by Crippen LogP contribution is -2.46. The summed E-state index contributed by atoms with van der Waals surface area (Å²) in [5.74, 6) is 0.0320. The fourth-order valence-corrected chi connectivity index (χ4v) is 4.42. The van der Waals surface area contributed by atoms with Gasteiger partial charge in [0, 0.05) is 37.4 Å². The molecule has 1 aliphatic carbocycles. The third-order valence-corrected chi connectivity index (χ3v) is 5.80. The molecule has 0 radical (unpaired) electrons. The zero-order valence-corrected chi connectivity index (χ0v) is 18.7. The number of hydrogen-bond acceptors (Lipinski definition) is 3. The van der Waals surface area contributed by atoms with Crippen molar-refractivity contribution in [3.63, 3.8) is 0 Å². The maximum atomic E-state index is 12.9. The molecule has 2 N–H and O–H groups in total. The Labute approximate surface area is 184 Å². The fraction of sp³-hybridized carbons (Fsp3) is 0.440. The Bertz CT molecular complexity index is 980. The smallest absolute Gasteiger partial charge is 0.321 e. The van der Waals surface area contributed by atoms with Crippen LogP contribution in [0.25, 0.3) is 11.1 Å². The van der Waals surface area contributed by atoms with Gasteiger partial charge in [0.05, 0.1) is 6.54 Å². The van der Waals surface area contributed by atoms with Gasteiger partial charge >= 0.3 is 6.03 Å². The summed E-state index contributed by atoms with van der Waals surface area (Å²) < 4.78 is 0. The SMILES string of the molecule is CC(C)(C)NC(=O)CN1CCCN(C(=O)Nc2ccc3c(c2)Cc2ccccc2-3)CC1. The molecule has 0 bridgehead atoms. The molecule has 3 amide bonds. The minimum atomic E-state index is -0.230. The number of fused-ring (bicyclic) bond motifs is 3. The van der Waals surface area contributed by atoms with E-state index in [9.17, 15) is 9.59 Å². The van der Waals surface area contributed by atoms with E-state index in [1.54, 1.807) is 0 Å². The third-order valence-electron chi connectivity index (χ3n) is 5.80. The van der Waals surface area contributed by atoms with E-state index in [1.807, 2.05) is 31.7 Å². The predicted octanol–water partition coefficient (Wildman–Crippen LogP) is 3.71. The van der Waals surface area contributed by atoms with E-state index in [0.717, 1.165) is 25.1 Å². The number of anilines is 1. The lowest BCUT2D eigenvalue weighted by atomic mass is 10.1. The van der Waals surface area contributed by atoms with Crippen LogP contribution in [0.1, 0.15) is 38.3 Å². The average molecular weight is 421 g/mol. The highest BCUT2D eigenvalue weighted by molar-refractivity contribution is 5.90. The zero-order chi connectivity index (χ0) is 22.0. The van der Waals surface area contributed by atoms with Gasteiger partial charge in [-0.15, -0.1) is 0 Å². The molecule has 6 nitrogen and oxygen atoms in total. The summed E-state index contributed by atoms with van der Waals surface area (Å²) >= 11 is 0. The molecule has 0 saturated carbocycles. The number of amides is 3. The Morgan fingerprint density at radius 2 is 1.71 bits per heavy atom. The van der Waals surface area contributed by atoms with Crippen LogP contribution in [-0.2, 0) is 11.2 Å². The van der Waals surface area contributed by atoms with Crippen molar-refractivity contribution in [3.8, 4) is 11.1 Å². The first kappa shape index (κ1) is 21.4. The van der Waals surface area contributed by atoms with Gasteiger partial charge in [0.25, 0.3) is 0 Å². The van der Waals surface area contributed by atoms with E-state index in [2.05, 4.69) is 51.9 Å². The van der Waals surface area contributed by atoms with Gasteiger partial charge in [-0.3, -0.25) is 9.69 Å². The van der Waals surface area contributed by atoms with Gasteiger partial charge in [-0.1, -0.05) is 30.3 Å². The summed E-state index contributed by atoms with van der Waals surface area (Å²) in [4.78, 5) is 29.1. The highest BCUT2D eigenvalue weighted by atomic mass is 16.2. The molecule has 0 unspecified atom stereocenters. The van der Waals surface area contributed by atoms with Crippen LogP contribution in [0.2, 0.25) is 0 Å². The summed E-state index contributed by atoms with van der Waals surface area (Å²) in [6, 6.07) is 14.6. The molecule has 1 aliphatic heterocycles. The molecule has 164 valence electrons. The topological polar surface area (TPSA) is 64.7 Å². The predicted molar refractivity (Wildman–Crippen MR) is 124 cm³/mol. The van der Waals surface area contributed by atoms with Crippen molar-refractivity contribution < 1.29 is 9.59 Å². The number of urea groups is 1. The number of hydrogen-bond donors (Lipinski definition) is 2. The van der Waals surface area contributed by atoms with Gasteiger partial charge in [-0.25, -0.2) is 4.79 Å². The quantitative estimate of drug-likeness (QED) is 0.679. The summed E-state index contributed by atoms with van der Waals surface area (Å²) in [5, 5.41) is 6.08. The number of nitrogens with zero attached hydrogens (tertiary/aromatic N) is 2. The monoisotopic (exact) mass is 420 g/mol. The van der Waals surface area contributed by atoms with Gasteiger partial charge in [-0.2, -0.15) is 0 Å². The fourth-order valence-electron chi connectivity index (χ4n) is 4.42. The number of carbonyl (C=O) groups excluding carboxylic acids is 2. The molecule has 6 heteroatoms. The second-order valence-corrected chi connectivity index (χ2v) is 9.55. The molecule has 0 aromatic heterocycles. The van der Waals surface area contributed by atoms with Crippen LogP contribution in [0.4, 0.5) is 10.5 Å². The van der Waals surface area contributed by atoms with Crippen LogP contribution in [-0.4, -0.2) is 60.0 Å². The van der Waals surface area contributed by atoms with E-state index >= 15 is 0 Å². The molecule has 1 saturated heterocycles. The number of nitrogens with one attached hydrogen (secondary N) is 2. The van der Waals surface area contributed by atoms with Crippen LogP contribution < -0.4 is 10.6 Å². The number of benzene rings is 2. The highest BCUT2D eigenvalue weighted by Gasteiger charge is 2.23. The van der Waals surface area contributed by atoms with E-state index in [4.69, 9.17) is 0 Å². The van der Waals surface area contributed by atoms with Gasteiger partial charge in [0.2, 0.25) is 5.91 Å². The standard InChI is InChI=1S/C25H32N4O2/c1-25(2,3)27-23(30)17-28-11-6-12-29(14-13-28)24(31)26-20-9-10-22-19(16-20)15-18-7-4-5-8-21(18)22/h4-5,7-10,16H,6,11-15,17H2,1-3H3,(H,26,31)(H,27,30). The Hall–Kier alpha value is -2.86. The summed E-state index contributed by atoms with van der Waals surface area (Å²) in [7, 11) is 0. The third kappa shape index (κ3) is 5.25. The van der Waals surface area contributed by atoms with Gasteiger partial charge in [0.15, 0.2) is 0 Å². The Morgan fingerprint density at radius 3 is 2.52 bits per heavy atom. The maximum Gasteiger partial charge on any atom is 0.321 e. The molecule has 1 heterocycles. The van der Waals surface area contributed by atoms with E-state index < -0.39 is 0 Å². The van der Waals surface area contributed by atoms with Crippen molar-refractivity contribution in [3.05, 3.63) is 53.6 Å². The van der Waals surface area contributed by atoms with Crippen molar-refractivity contribution in [1.82, 2.24) is 15.1 Å². The van der Waals surface area contributed by atoms with Crippen LogP contribution in [0.5, 0.6) is 0 Å². The highest BCUT2D eigenvalue weighted by Crippen LogP contribution is 2.37. The van der Waals surface area contributed by atoms with E-state index in [1.165, 1.54) is 22.3 Å². The van der Waals surface area contributed by atoms with Gasteiger partial charge in [0.1, 0.15) is 0 Å². The van der Waals surface area contributed by atoms with Crippen LogP contribution in [0, 0.1) is 0 Å². The summed E-state index contributed by atoms with van der Waals surface area (Å²) in [6.45, 7) is 9.15. The lowest BCUT2D eigenvalue weighted by Gasteiger charge is -2.25. The molecular formula is C25H32N4O2. The Morgan fingerprint density at radius 1 is 0.935 bits per heavy atom. The van der Waals surface area contributed by atoms with Crippen LogP contribution in [0.3, 0.4) is 0 Å². The second kappa shape index (κ2) is 8.71. The molecular weight excluding hydrogens is 388 g/mol. The Balaban J connectivity index is 1.33. The molecule has 2 aliphatic rings. The van der Waals surface area contributed by atoms with Crippen molar-refractivity contribution >= 4 is 17.6 Å². The minimum Gasteiger partial charge on any atom is -0.350 e. The number of carbonyl (C=O) groups is 2. The summed E-state index contributed by atoms with van der Waals surface area (Å²) in [6.07, 6.45) is 1.76. The molecule has 0 atom stereocenters. The van der Waals surface area contributed by atoms with Crippen molar-refractivity contribution in [1.29, 1.82) is 0 Å². The Kier molecular flexibility index (Phi) is 6.01. The van der Waals surface area contributed by atoms with E-state index in [0.29, 0.717) is 26.2 Å². The number of rotatable bonds is 3. The molecule has 0 spiro atoms. The minimum absolute atomic E-state index is 0.0320. The van der Waals surface area contributed by atoms with Gasteiger partial charge < -0.3 is 15.5 Å². The zero-order valence-electron chi connectivity index (χ0n) is 18.7. The molecule has 1 fully saturated rings. The first-order chi connectivity index (χ1) is 14.8. The van der Waals surface area contributed by atoms with Gasteiger partial charge in [-0.05, 0) is 68.0 Å². The molecule has 4 rings (SSSR count). The normalized spacial score (nSPS) is 16.3. The molecule has 31 heavy (non-hydrogen) atoms. The average Bonchev–Trinajstić information content (AvgIpc) is 2.89. The lowest BCUT2D eigenvalue weighted by molar-refractivity contribution is -0.123. The first-order valence-electron chi connectivity index (χ1n) is 11.1. The van der Waals surface area contributed by atoms with Crippen LogP contribution >= 0.6 is 0 Å². The maximum absolute atomic E-state index is 12.9. The van der Waals surface area contributed by atoms with Crippen molar-refractivity contribution in [2.75, 3.05) is 38.0 Å². The first-order valence-corrected chi connectivity index (χ1v) is 11.1.